The molecule has 0 aliphatic rings. The van der Waals surface area contributed by atoms with E-state index in [1.807, 2.05) is 61.5 Å². The van der Waals surface area contributed by atoms with Crippen LogP contribution in [0, 0.1) is 0 Å². The Morgan fingerprint density at radius 2 is 2.00 bits per heavy atom. The molecule has 26 heavy (non-hydrogen) atoms. The molecule has 6 heteroatoms. The molecule has 0 saturated carbocycles. The van der Waals surface area contributed by atoms with Gasteiger partial charge in [-0.1, -0.05) is 63.6 Å². The van der Waals surface area contributed by atoms with E-state index in [1.165, 1.54) is 0 Å². The molecule has 1 atom stereocenters. The predicted octanol–water partition coefficient (Wildman–Crippen LogP) is 4.23. The molecule has 134 valence electrons. The van der Waals surface area contributed by atoms with E-state index in [1.54, 1.807) is 0 Å². The average molecular weight is 414 g/mol. The van der Waals surface area contributed by atoms with Crippen molar-refractivity contribution < 1.29 is 9.32 Å². The summed E-state index contributed by atoms with van der Waals surface area (Å²) in [4.78, 5) is 16.5. The van der Waals surface area contributed by atoms with Crippen LogP contribution >= 0.6 is 15.9 Å². The van der Waals surface area contributed by atoms with Crippen LogP contribution in [-0.4, -0.2) is 16.0 Å². The van der Waals surface area contributed by atoms with Crippen LogP contribution in [-0.2, 0) is 17.6 Å². The van der Waals surface area contributed by atoms with Crippen molar-refractivity contribution in [2.24, 2.45) is 0 Å². The second kappa shape index (κ2) is 8.76. The van der Waals surface area contributed by atoms with Gasteiger partial charge >= 0.3 is 0 Å². The number of hydrogen-bond donors (Lipinski definition) is 1. The van der Waals surface area contributed by atoms with Gasteiger partial charge in [0, 0.05) is 23.7 Å². The summed E-state index contributed by atoms with van der Waals surface area (Å²) in [6.45, 7) is 1.96. The number of aryl methyl sites for hydroxylation is 1. The van der Waals surface area contributed by atoms with Gasteiger partial charge in [-0.25, -0.2) is 0 Å². The lowest BCUT2D eigenvalue weighted by Crippen LogP contribution is -2.26. The molecule has 1 heterocycles. The maximum Gasteiger partial charge on any atom is 0.227 e. The molecule has 0 bridgehead atoms. The van der Waals surface area contributed by atoms with Crippen LogP contribution in [0.2, 0.25) is 0 Å². The SMILES string of the molecule is C[C@@H](NC(=O)CCc1nc(Cc2ccccc2)no1)c1cccc(Br)c1. The van der Waals surface area contributed by atoms with Crippen molar-refractivity contribution in [1.82, 2.24) is 15.5 Å². The van der Waals surface area contributed by atoms with Gasteiger partial charge in [0.1, 0.15) is 0 Å². The number of aromatic nitrogens is 2. The first kappa shape index (κ1) is 18.3. The largest absolute Gasteiger partial charge is 0.350 e. The summed E-state index contributed by atoms with van der Waals surface area (Å²) in [6, 6.07) is 17.8. The summed E-state index contributed by atoms with van der Waals surface area (Å²) < 4.78 is 6.24. The molecule has 0 spiro atoms. The van der Waals surface area contributed by atoms with Gasteiger partial charge in [-0.05, 0) is 30.2 Å². The molecule has 0 aliphatic heterocycles. The van der Waals surface area contributed by atoms with E-state index in [4.69, 9.17) is 4.52 Å². The molecule has 0 unspecified atom stereocenters. The second-order valence-electron chi connectivity index (χ2n) is 6.11. The smallest absolute Gasteiger partial charge is 0.227 e. The average Bonchev–Trinajstić information content (AvgIpc) is 3.08. The fourth-order valence-corrected chi connectivity index (χ4v) is 3.05. The Hall–Kier alpha value is -2.47. The number of halogens is 1. The minimum absolute atomic E-state index is 0.0414. The van der Waals surface area contributed by atoms with E-state index in [2.05, 4.69) is 31.4 Å². The van der Waals surface area contributed by atoms with Crippen LogP contribution in [0.15, 0.2) is 63.6 Å². The van der Waals surface area contributed by atoms with Crippen LogP contribution < -0.4 is 5.32 Å². The molecule has 1 aromatic heterocycles. The third kappa shape index (κ3) is 5.26. The molecule has 1 N–H and O–H groups in total. The number of amides is 1. The number of nitrogens with zero attached hydrogens (tertiary/aromatic N) is 2. The van der Waals surface area contributed by atoms with Crippen molar-refractivity contribution in [2.45, 2.75) is 32.2 Å². The van der Waals surface area contributed by atoms with Crippen molar-refractivity contribution in [3.05, 3.63) is 81.9 Å². The van der Waals surface area contributed by atoms with Crippen molar-refractivity contribution >= 4 is 21.8 Å². The highest BCUT2D eigenvalue weighted by Crippen LogP contribution is 2.18. The first-order valence-electron chi connectivity index (χ1n) is 8.50. The summed E-state index contributed by atoms with van der Waals surface area (Å²) >= 11 is 3.44. The van der Waals surface area contributed by atoms with Gasteiger partial charge in [-0.3, -0.25) is 4.79 Å². The Kier molecular flexibility index (Phi) is 6.17. The van der Waals surface area contributed by atoms with Gasteiger partial charge < -0.3 is 9.84 Å². The molecule has 0 saturated heterocycles. The Balaban J connectivity index is 1.49. The standard InChI is InChI=1S/C20H20BrN3O2/c1-14(16-8-5-9-17(21)13-16)22-19(25)10-11-20-23-18(24-26-20)12-15-6-3-2-4-7-15/h2-9,13-14H,10-12H2,1H3,(H,22,25)/t14-/m1/s1. The van der Waals surface area contributed by atoms with Gasteiger partial charge in [-0.15, -0.1) is 0 Å². The van der Waals surface area contributed by atoms with Crippen LogP contribution in [0.1, 0.15) is 42.2 Å². The third-order valence-corrected chi connectivity index (χ3v) is 4.50. The van der Waals surface area contributed by atoms with Crippen molar-refractivity contribution in [2.75, 3.05) is 0 Å². The molecule has 3 rings (SSSR count). The normalized spacial score (nSPS) is 11.9. The van der Waals surface area contributed by atoms with Gasteiger partial charge in [0.05, 0.1) is 6.04 Å². The van der Waals surface area contributed by atoms with Gasteiger partial charge in [0.2, 0.25) is 11.8 Å². The summed E-state index contributed by atoms with van der Waals surface area (Å²) in [7, 11) is 0. The van der Waals surface area contributed by atoms with Gasteiger partial charge in [0.25, 0.3) is 0 Å². The van der Waals surface area contributed by atoms with E-state index in [0.29, 0.717) is 31.0 Å². The zero-order valence-electron chi connectivity index (χ0n) is 14.5. The maximum absolute atomic E-state index is 12.2. The van der Waals surface area contributed by atoms with E-state index in [9.17, 15) is 4.79 Å². The third-order valence-electron chi connectivity index (χ3n) is 4.01. The highest BCUT2D eigenvalue weighted by Gasteiger charge is 2.13. The Morgan fingerprint density at radius 1 is 1.19 bits per heavy atom. The van der Waals surface area contributed by atoms with E-state index in [-0.39, 0.29) is 11.9 Å². The molecular formula is C20H20BrN3O2. The van der Waals surface area contributed by atoms with E-state index >= 15 is 0 Å². The Morgan fingerprint density at radius 3 is 2.77 bits per heavy atom. The topological polar surface area (TPSA) is 68.0 Å². The van der Waals surface area contributed by atoms with Crippen LogP contribution in [0.5, 0.6) is 0 Å². The predicted molar refractivity (Wildman–Crippen MR) is 103 cm³/mol. The lowest BCUT2D eigenvalue weighted by molar-refractivity contribution is -0.121. The summed E-state index contributed by atoms with van der Waals surface area (Å²) in [5.41, 5.74) is 2.18. The number of hydrogen-bond acceptors (Lipinski definition) is 4. The highest BCUT2D eigenvalue weighted by atomic mass is 79.9. The maximum atomic E-state index is 12.2. The van der Waals surface area contributed by atoms with Crippen molar-refractivity contribution in [1.29, 1.82) is 0 Å². The zero-order valence-corrected chi connectivity index (χ0v) is 16.1. The van der Waals surface area contributed by atoms with Crippen LogP contribution in [0.25, 0.3) is 0 Å². The molecule has 0 aliphatic carbocycles. The van der Waals surface area contributed by atoms with Crippen molar-refractivity contribution in [3.63, 3.8) is 0 Å². The number of carbonyl (C=O) groups is 1. The number of rotatable bonds is 7. The molecule has 5 nitrogen and oxygen atoms in total. The first-order valence-corrected chi connectivity index (χ1v) is 9.29. The van der Waals surface area contributed by atoms with Crippen molar-refractivity contribution in [3.8, 4) is 0 Å². The van der Waals surface area contributed by atoms with Crippen LogP contribution in [0.3, 0.4) is 0 Å². The van der Waals surface area contributed by atoms with E-state index in [0.717, 1.165) is 15.6 Å². The minimum Gasteiger partial charge on any atom is -0.350 e. The zero-order chi connectivity index (χ0) is 18.4. The quantitative estimate of drug-likeness (QED) is 0.628. The lowest BCUT2D eigenvalue weighted by Gasteiger charge is -2.14. The summed E-state index contributed by atoms with van der Waals surface area (Å²) in [5.74, 6) is 1.08. The van der Waals surface area contributed by atoms with Crippen LogP contribution in [0.4, 0.5) is 0 Å². The summed E-state index contributed by atoms with van der Waals surface area (Å²) in [5, 5.41) is 6.98. The molecular weight excluding hydrogens is 394 g/mol. The number of nitrogens with one attached hydrogen (secondary N) is 1. The van der Waals surface area contributed by atoms with Gasteiger partial charge in [0.15, 0.2) is 5.82 Å². The molecule has 2 aromatic carbocycles. The molecule has 0 fully saturated rings. The molecule has 0 radical (unpaired) electrons. The fourth-order valence-electron chi connectivity index (χ4n) is 2.64. The number of carbonyl (C=O) groups excluding carboxylic acids is 1. The summed E-state index contributed by atoms with van der Waals surface area (Å²) in [6.07, 6.45) is 1.36. The Bertz CT molecular complexity index is 864. The lowest BCUT2D eigenvalue weighted by atomic mass is 10.1. The van der Waals surface area contributed by atoms with E-state index < -0.39 is 0 Å². The van der Waals surface area contributed by atoms with Gasteiger partial charge in [-0.2, -0.15) is 4.98 Å². The fraction of sp³-hybridized carbons (Fsp3) is 0.250. The molecule has 3 aromatic rings. The molecule has 1 amide bonds. The number of benzene rings is 2. The first-order chi connectivity index (χ1) is 12.6. The minimum atomic E-state index is -0.0590. The highest BCUT2D eigenvalue weighted by molar-refractivity contribution is 9.10. The monoisotopic (exact) mass is 413 g/mol. The Labute approximate surface area is 160 Å². The second-order valence-corrected chi connectivity index (χ2v) is 7.03.